The molecule has 2 N–H and O–H groups in total. The van der Waals surface area contributed by atoms with E-state index in [0.29, 0.717) is 16.1 Å². The third kappa shape index (κ3) is 1.95. The zero-order valence-corrected chi connectivity index (χ0v) is 11.7. The normalized spacial score (nSPS) is 20.6. The minimum atomic E-state index is -1.77. The van der Waals surface area contributed by atoms with Crippen LogP contribution in [0.2, 0.25) is 0 Å². The summed E-state index contributed by atoms with van der Waals surface area (Å²) in [6, 6.07) is 8.78. The number of amides is 1. The van der Waals surface area contributed by atoms with Crippen molar-refractivity contribution in [1.82, 2.24) is 0 Å². The Morgan fingerprint density at radius 2 is 2.20 bits per heavy atom. The monoisotopic (exact) mass is 287 g/mol. The van der Waals surface area contributed by atoms with E-state index in [0.717, 1.165) is 5.56 Å². The number of benzene rings is 1. The van der Waals surface area contributed by atoms with E-state index >= 15 is 0 Å². The Morgan fingerprint density at radius 1 is 1.40 bits per heavy atom. The molecule has 0 fully saturated rings. The number of rotatable bonds is 3. The van der Waals surface area contributed by atoms with E-state index in [4.69, 9.17) is 0 Å². The SMILES string of the molecule is Cc1ccc2c(c1)NC(=O)C2(O)CC(=O)c1cccs1. The van der Waals surface area contributed by atoms with E-state index in [9.17, 15) is 14.7 Å². The Balaban J connectivity index is 1.96. The number of hydrogen-bond acceptors (Lipinski definition) is 4. The zero-order chi connectivity index (χ0) is 14.3. The van der Waals surface area contributed by atoms with Crippen LogP contribution in [0.4, 0.5) is 5.69 Å². The van der Waals surface area contributed by atoms with Gasteiger partial charge >= 0.3 is 0 Å². The van der Waals surface area contributed by atoms with Crippen LogP contribution in [0.25, 0.3) is 0 Å². The molecular weight excluding hydrogens is 274 g/mol. The molecule has 0 radical (unpaired) electrons. The first-order valence-corrected chi connectivity index (χ1v) is 7.10. The van der Waals surface area contributed by atoms with Crippen LogP contribution < -0.4 is 5.32 Å². The van der Waals surface area contributed by atoms with Crippen molar-refractivity contribution in [3.8, 4) is 0 Å². The van der Waals surface area contributed by atoms with Gasteiger partial charge in [0.05, 0.1) is 11.3 Å². The minimum absolute atomic E-state index is 0.230. The fraction of sp³-hybridized carbons (Fsp3) is 0.200. The Labute approximate surface area is 120 Å². The highest BCUT2D eigenvalue weighted by Crippen LogP contribution is 2.39. The van der Waals surface area contributed by atoms with Crippen LogP contribution >= 0.6 is 11.3 Å². The third-order valence-corrected chi connectivity index (χ3v) is 4.37. The van der Waals surface area contributed by atoms with E-state index < -0.39 is 11.5 Å². The third-order valence-electron chi connectivity index (χ3n) is 3.46. The van der Waals surface area contributed by atoms with E-state index in [1.54, 1.807) is 29.6 Å². The first kappa shape index (κ1) is 13.0. The molecule has 1 atom stereocenters. The molecule has 3 rings (SSSR count). The fourth-order valence-corrected chi connectivity index (χ4v) is 3.07. The first-order chi connectivity index (χ1) is 9.50. The second-order valence-corrected chi connectivity index (χ2v) is 5.89. The average molecular weight is 287 g/mol. The van der Waals surface area contributed by atoms with Crippen molar-refractivity contribution in [1.29, 1.82) is 0 Å². The van der Waals surface area contributed by atoms with Gasteiger partial charge in [-0.15, -0.1) is 11.3 Å². The Hall–Kier alpha value is -1.98. The molecule has 1 aromatic carbocycles. The lowest BCUT2D eigenvalue weighted by atomic mass is 9.89. The van der Waals surface area contributed by atoms with Gasteiger partial charge in [0, 0.05) is 11.3 Å². The molecule has 102 valence electrons. The van der Waals surface area contributed by atoms with Crippen molar-refractivity contribution in [2.75, 3.05) is 5.32 Å². The van der Waals surface area contributed by atoms with Gasteiger partial charge in [-0.1, -0.05) is 18.2 Å². The van der Waals surface area contributed by atoms with Crippen molar-refractivity contribution in [2.45, 2.75) is 18.9 Å². The lowest BCUT2D eigenvalue weighted by Gasteiger charge is -2.19. The summed E-state index contributed by atoms with van der Waals surface area (Å²) < 4.78 is 0. The summed E-state index contributed by atoms with van der Waals surface area (Å²) in [4.78, 5) is 24.8. The highest BCUT2D eigenvalue weighted by molar-refractivity contribution is 7.12. The molecular formula is C15H13NO3S. The van der Waals surface area contributed by atoms with Gasteiger partial charge in [-0.2, -0.15) is 0 Å². The number of carbonyl (C=O) groups excluding carboxylic acids is 2. The van der Waals surface area contributed by atoms with Crippen LogP contribution in [0.15, 0.2) is 35.7 Å². The van der Waals surface area contributed by atoms with Crippen LogP contribution in [0, 0.1) is 6.92 Å². The van der Waals surface area contributed by atoms with Crippen molar-refractivity contribution >= 4 is 28.7 Å². The average Bonchev–Trinajstić information content (AvgIpc) is 2.98. The number of Topliss-reactive ketones (excluding diaryl/α,β-unsaturated/α-hetero) is 1. The van der Waals surface area contributed by atoms with E-state index in [1.807, 2.05) is 13.0 Å². The molecule has 20 heavy (non-hydrogen) atoms. The summed E-state index contributed by atoms with van der Waals surface area (Å²) in [6.07, 6.45) is -0.241. The van der Waals surface area contributed by atoms with Gasteiger partial charge in [0.15, 0.2) is 11.4 Å². The Morgan fingerprint density at radius 3 is 2.90 bits per heavy atom. The number of nitrogens with one attached hydrogen (secondary N) is 1. The minimum Gasteiger partial charge on any atom is -0.375 e. The maximum Gasteiger partial charge on any atom is 0.261 e. The molecule has 5 heteroatoms. The van der Waals surface area contributed by atoms with Gasteiger partial charge < -0.3 is 10.4 Å². The Bertz CT molecular complexity index is 693. The fourth-order valence-electron chi connectivity index (χ4n) is 2.40. The first-order valence-electron chi connectivity index (χ1n) is 6.22. The number of carbonyl (C=O) groups is 2. The molecule has 0 saturated carbocycles. The number of anilines is 1. The van der Waals surface area contributed by atoms with Gasteiger partial charge in [0.25, 0.3) is 5.91 Å². The molecule has 1 aliphatic heterocycles. The van der Waals surface area contributed by atoms with Gasteiger partial charge in [-0.25, -0.2) is 0 Å². The predicted molar refractivity (Wildman–Crippen MR) is 77.0 cm³/mol. The lowest BCUT2D eigenvalue weighted by molar-refractivity contribution is -0.133. The van der Waals surface area contributed by atoms with Crippen molar-refractivity contribution in [2.24, 2.45) is 0 Å². The molecule has 1 aromatic heterocycles. The number of thiophene rings is 1. The summed E-state index contributed by atoms with van der Waals surface area (Å²) in [5.41, 5.74) is 0.261. The molecule has 0 bridgehead atoms. The summed E-state index contributed by atoms with van der Waals surface area (Å²) in [5.74, 6) is -0.769. The molecule has 4 nitrogen and oxygen atoms in total. The lowest BCUT2D eigenvalue weighted by Crippen LogP contribution is -2.36. The van der Waals surface area contributed by atoms with Gasteiger partial charge in [0.1, 0.15) is 0 Å². The highest BCUT2D eigenvalue weighted by atomic mass is 32.1. The molecule has 2 heterocycles. The maximum absolute atomic E-state index is 12.2. The van der Waals surface area contributed by atoms with Gasteiger partial charge in [-0.05, 0) is 30.0 Å². The summed E-state index contributed by atoms with van der Waals surface area (Å²) in [5, 5.41) is 15.1. The Kier molecular flexibility index (Phi) is 2.96. The van der Waals surface area contributed by atoms with E-state index in [-0.39, 0.29) is 12.2 Å². The second-order valence-electron chi connectivity index (χ2n) is 4.94. The van der Waals surface area contributed by atoms with Crippen LogP contribution in [0.5, 0.6) is 0 Å². The second kappa shape index (κ2) is 4.54. The van der Waals surface area contributed by atoms with Crippen LogP contribution in [0.3, 0.4) is 0 Å². The van der Waals surface area contributed by atoms with E-state index in [2.05, 4.69) is 5.32 Å². The number of aliphatic hydroxyl groups is 1. The summed E-state index contributed by atoms with van der Waals surface area (Å²) >= 11 is 1.31. The van der Waals surface area contributed by atoms with Crippen molar-refractivity contribution in [3.05, 3.63) is 51.7 Å². The molecule has 0 saturated heterocycles. The smallest absolute Gasteiger partial charge is 0.261 e. The number of hydrogen-bond donors (Lipinski definition) is 2. The topological polar surface area (TPSA) is 66.4 Å². The van der Waals surface area contributed by atoms with Crippen molar-refractivity contribution < 1.29 is 14.7 Å². The molecule has 1 unspecified atom stereocenters. The quantitative estimate of drug-likeness (QED) is 0.852. The molecule has 0 aliphatic carbocycles. The number of aryl methyl sites for hydroxylation is 1. The zero-order valence-electron chi connectivity index (χ0n) is 10.8. The highest BCUT2D eigenvalue weighted by Gasteiger charge is 2.46. The predicted octanol–water partition coefficient (Wildman–Crippen LogP) is 2.47. The van der Waals surface area contributed by atoms with Crippen LogP contribution in [-0.2, 0) is 10.4 Å². The molecule has 1 amide bonds. The van der Waals surface area contributed by atoms with Crippen LogP contribution in [-0.4, -0.2) is 16.8 Å². The number of fused-ring (bicyclic) bond motifs is 1. The standard InChI is InChI=1S/C15H13NO3S/c1-9-4-5-10-11(7-9)16-14(18)15(10,19)8-12(17)13-3-2-6-20-13/h2-7,19H,8H2,1H3,(H,16,18). The van der Waals surface area contributed by atoms with Gasteiger partial charge in [0.2, 0.25) is 0 Å². The molecule has 1 aliphatic rings. The van der Waals surface area contributed by atoms with Crippen molar-refractivity contribution in [3.63, 3.8) is 0 Å². The summed E-state index contributed by atoms with van der Waals surface area (Å²) in [7, 11) is 0. The number of ketones is 1. The maximum atomic E-state index is 12.2. The van der Waals surface area contributed by atoms with E-state index in [1.165, 1.54) is 11.3 Å². The largest absolute Gasteiger partial charge is 0.375 e. The van der Waals surface area contributed by atoms with Crippen LogP contribution in [0.1, 0.15) is 27.2 Å². The van der Waals surface area contributed by atoms with Gasteiger partial charge in [-0.3, -0.25) is 9.59 Å². The molecule has 2 aromatic rings. The molecule has 0 spiro atoms. The summed E-state index contributed by atoms with van der Waals surface area (Å²) in [6.45, 7) is 1.90.